The molecule has 0 aromatic heterocycles. The molecule has 0 saturated carbocycles. The van der Waals surface area contributed by atoms with E-state index < -0.39 is 23.2 Å². The lowest BCUT2D eigenvalue weighted by atomic mass is 10.1. The van der Waals surface area contributed by atoms with Crippen molar-refractivity contribution < 1.29 is 18.3 Å². The lowest BCUT2D eigenvalue weighted by molar-refractivity contribution is 0.102. The normalized spacial score (nSPS) is 10.3. The second-order valence-electron chi connectivity index (χ2n) is 4.49. The topological polar surface area (TPSA) is 64.3 Å². The van der Waals surface area contributed by atoms with Crippen molar-refractivity contribution in [2.75, 3.05) is 18.2 Å². The van der Waals surface area contributed by atoms with Crippen molar-refractivity contribution in [2.24, 2.45) is 0 Å². The molecule has 0 aliphatic rings. The molecule has 0 heterocycles. The Kier molecular flexibility index (Phi) is 4.07. The minimum Gasteiger partial charge on any atom is -0.497 e. The molecule has 0 spiro atoms. The van der Waals surface area contributed by atoms with Crippen LogP contribution >= 0.6 is 0 Å². The summed E-state index contributed by atoms with van der Waals surface area (Å²) in [5.41, 5.74) is 5.70. The fourth-order valence-electron chi connectivity index (χ4n) is 1.81. The number of nitrogen functional groups attached to an aromatic ring is 1. The van der Waals surface area contributed by atoms with E-state index in [1.165, 1.54) is 7.11 Å². The number of amides is 1. The summed E-state index contributed by atoms with van der Waals surface area (Å²) in [6.45, 7) is 1.78. The molecule has 0 bridgehead atoms. The molecule has 0 unspecified atom stereocenters. The SMILES string of the molecule is COc1ccc(NC(=O)c2cc(F)c(N)c(F)c2)c(C)c1. The monoisotopic (exact) mass is 292 g/mol. The number of hydrogen-bond donors (Lipinski definition) is 2. The van der Waals surface area contributed by atoms with E-state index in [4.69, 9.17) is 10.5 Å². The Labute approximate surface area is 120 Å². The molecule has 6 heteroatoms. The lowest BCUT2D eigenvalue weighted by Gasteiger charge is -2.10. The zero-order valence-corrected chi connectivity index (χ0v) is 11.5. The first-order valence-corrected chi connectivity index (χ1v) is 6.13. The summed E-state index contributed by atoms with van der Waals surface area (Å²) < 4.78 is 31.8. The molecule has 2 rings (SSSR count). The molecule has 1 amide bonds. The van der Waals surface area contributed by atoms with E-state index in [2.05, 4.69) is 5.32 Å². The van der Waals surface area contributed by atoms with Crippen molar-refractivity contribution in [1.29, 1.82) is 0 Å². The number of anilines is 2. The van der Waals surface area contributed by atoms with Crippen LogP contribution < -0.4 is 15.8 Å². The summed E-state index contributed by atoms with van der Waals surface area (Å²) in [4.78, 5) is 12.0. The van der Waals surface area contributed by atoms with Gasteiger partial charge in [-0.1, -0.05) is 0 Å². The van der Waals surface area contributed by atoms with Gasteiger partial charge in [0.2, 0.25) is 0 Å². The van der Waals surface area contributed by atoms with Gasteiger partial charge in [-0.05, 0) is 42.8 Å². The Morgan fingerprint density at radius 3 is 2.33 bits per heavy atom. The number of nitrogens with one attached hydrogen (secondary N) is 1. The number of hydrogen-bond acceptors (Lipinski definition) is 3. The first-order chi connectivity index (χ1) is 9.92. The van der Waals surface area contributed by atoms with Crippen molar-refractivity contribution in [3.8, 4) is 5.75 Å². The third-order valence-corrected chi connectivity index (χ3v) is 3.02. The van der Waals surface area contributed by atoms with Gasteiger partial charge in [0.05, 0.1) is 7.11 Å². The van der Waals surface area contributed by atoms with Crippen molar-refractivity contribution in [1.82, 2.24) is 0 Å². The van der Waals surface area contributed by atoms with Crippen LogP contribution in [0.5, 0.6) is 5.75 Å². The largest absolute Gasteiger partial charge is 0.497 e. The third kappa shape index (κ3) is 3.10. The average Bonchev–Trinajstić information content (AvgIpc) is 2.46. The summed E-state index contributed by atoms with van der Waals surface area (Å²) in [7, 11) is 1.53. The van der Waals surface area contributed by atoms with E-state index in [0.717, 1.165) is 17.7 Å². The Morgan fingerprint density at radius 2 is 1.81 bits per heavy atom. The quantitative estimate of drug-likeness (QED) is 0.854. The van der Waals surface area contributed by atoms with Gasteiger partial charge in [0, 0.05) is 11.3 Å². The van der Waals surface area contributed by atoms with E-state index in [1.807, 2.05) is 0 Å². The Hall–Kier alpha value is -2.63. The minimum absolute atomic E-state index is 0.144. The summed E-state index contributed by atoms with van der Waals surface area (Å²) in [5, 5.41) is 2.58. The predicted molar refractivity (Wildman–Crippen MR) is 76.5 cm³/mol. The number of rotatable bonds is 3. The molecule has 110 valence electrons. The number of benzene rings is 2. The molecule has 0 aliphatic heterocycles. The van der Waals surface area contributed by atoms with Gasteiger partial charge in [0.1, 0.15) is 23.1 Å². The van der Waals surface area contributed by atoms with Crippen LogP contribution in [-0.4, -0.2) is 13.0 Å². The second-order valence-corrected chi connectivity index (χ2v) is 4.49. The molecule has 0 radical (unpaired) electrons. The molecule has 0 atom stereocenters. The van der Waals surface area contributed by atoms with Crippen molar-refractivity contribution in [2.45, 2.75) is 6.92 Å². The standard InChI is InChI=1S/C15H14F2N2O2/c1-8-5-10(21-2)3-4-13(8)19-15(20)9-6-11(16)14(18)12(17)7-9/h3-7H,18H2,1-2H3,(H,19,20). The molecule has 4 nitrogen and oxygen atoms in total. The molecule has 0 fully saturated rings. The summed E-state index contributed by atoms with van der Waals surface area (Å²) in [5.74, 6) is -1.91. The van der Waals surface area contributed by atoms with Crippen LogP contribution in [0.15, 0.2) is 30.3 Å². The molecule has 2 aromatic rings. The first kappa shape index (κ1) is 14.8. The fourth-order valence-corrected chi connectivity index (χ4v) is 1.81. The lowest BCUT2D eigenvalue weighted by Crippen LogP contribution is -2.14. The van der Waals surface area contributed by atoms with Gasteiger partial charge < -0.3 is 15.8 Å². The maximum absolute atomic E-state index is 13.4. The van der Waals surface area contributed by atoms with Crippen LogP contribution in [0.1, 0.15) is 15.9 Å². The number of methoxy groups -OCH3 is 1. The Bertz CT molecular complexity index is 679. The van der Waals surface area contributed by atoms with Crippen molar-refractivity contribution in [3.05, 3.63) is 53.1 Å². The number of halogens is 2. The van der Waals surface area contributed by atoms with Gasteiger partial charge >= 0.3 is 0 Å². The zero-order chi connectivity index (χ0) is 15.6. The van der Waals surface area contributed by atoms with Gasteiger partial charge in [-0.25, -0.2) is 8.78 Å². The number of carbonyl (C=O) groups excluding carboxylic acids is 1. The van der Waals surface area contributed by atoms with Gasteiger partial charge in [-0.3, -0.25) is 4.79 Å². The van der Waals surface area contributed by atoms with Crippen LogP contribution in [0.2, 0.25) is 0 Å². The van der Waals surface area contributed by atoms with Gasteiger partial charge in [-0.15, -0.1) is 0 Å². The highest BCUT2D eigenvalue weighted by molar-refractivity contribution is 6.04. The second kappa shape index (κ2) is 5.78. The maximum atomic E-state index is 13.4. The molecular formula is C15H14F2N2O2. The van der Waals surface area contributed by atoms with Crippen LogP contribution in [0, 0.1) is 18.6 Å². The Balaban J connectivity index is 2.26. The van der Waals surface area contributed by atoms with Crippen molar-refractivity contribution in [3.63, 3.8) is 0 Å². The maximum Gasteiger partial charge on any atom is 0.255 e. The number of aryl methyl sites for hydroxylation is 1. The first-order valence-electron chi connectivity index (χ1n) is 6.13. The van der Waals surface area contributed by atoms with Gasteiger partial charge in [-0.2, -0.15) is 0 Å². The zero-order valence-electron chi connectivity index (χ0n) is 11.5. The van der Waals surface area contributed by atoms with E-state index in [1.54, 1.807) is 25.1 Å². The smallest absolute Gasteiger partial charge is 0.255 e. The minimum atomic E-state index is -0.966. The van der Waals surface area contributed by atoms with Crippen LogP contribution in [0.25, 0.3) is 0 Å². The third-order valence-electron chi connectivity index (χ3n) is 3.02. The number of ether oxygens (including phenoxy) is 1. The predicted octanol–water partition coefficient (Wildman–Crippen LogP) is 3.12. The van der Waals surface area contributed by atoms with E-state index in [-0.39, 0.29) is 5.56 Å². The van der Waals surface area contributed by atoms with Crippen LogP contribution in [0.4, 0.5) is 20.2 Å². The average molecular weight is 292 g/mol. The summed E-state index contributed by atoms with van der Waals surface area (Å²) in [6.07, 6.45) is 0. The molecule has 2 aromatic carbocycles. The van der Waals surface area contributed by atoms with E-state index >= 15 is 0 Å². The molecule has 0 aliphatic carbocycles. The summed E-state index contributed by atoms with van der Waals surface area (Å²) in [6, 6.07) is 6.85. The van der Waals surface area contributed by atoms with E-state index in [9.17, 15) is 13.6 Å². The van der Waals surface area contributed by atoms with Gasteiger partial charge in [0.25, 0.3) is 5.91 Å². The molecule has 3 N–H and O–H groups in total. The fraction of sp³-hybridized carbons (Fsp3) is 0.133. The molecular weight excluding hydrogens is 278 g/mol. The van der Waals surface area contributed by atoms with Gasteiger partial charge in [0.15, 0.2) is 0 Å². The summed E-state index contributed by atoms with van der Waals surface area (Å²) >= 11 is 0. The molecule has 21 heavy (non-hydrogen) atoms. The highest BCUT2D eigenvalue weighted by Gasteiger charge is 2.14. The number of carbonyl (C=O) groups is 1. The molecule has 0 saturated heterocycles. The van der Waals surface area contributed by atoms with Crippen LogP contribution in [-0.2, 0) is 0 Å². The van der Waals surface area contributed by atoms with E-state index in [0.29, 0.717) is 11.4 Å². The van der Waals surface area contributed by atoms with Crippen LogP contribution in [0.3, 0.4) is 0 Å². The Morgan fingerprint density at radius 1 is 1.19 bits per heavy atom. The van der Waals surface area contributed by atoms with Crippen molar-refractivity contribution >= 4 is 17.3 Å². The number of nitrogens with two attached hydrogens (primary N) is 1. The highest BCUT2D eigenvalue weighted by Crippen LogP contribution is 2.23. The highest BCUT2D eigenvalue weighted by atomic mass is 19.1.